The fourth-order valence-electron chi connectivity index (χ4n) is 3.44. The summed E-state index contributed by atoms with van der Waals surface area (Å²) in [7, 11) is 0. The van der Waals surface area contributed by atoms with Gasteiger partial charge in [0.15, 0.2) is 0 Å². The van der Waals surface area contributed by atoms with Gasteiger partial charge in [0.25, 0.3) is 5.91 Å². The number of aromatic nitrogens is 3. The highest BCUT2D eigenvalue weighted by Gasteiger charge is 2.15. The first-order valence-corrected chi connectivity index (χ1v) is 10.8. The maximum atomic E-state index is 12.9. The highest BCUT2D eigenvalue weighted by molar-refractivity contribution is 6.05. The van der Waals surface area contributed by atoms with Crippen LogP contribution in [0.2, 0.25) is 0 Å². The molecule has 0 spiro atoms. The molecule has 0 bridgehead atoms. The Hall–Kier alpha value is -4.06. The van der Waals surface area contributed by atoms with Crippen molar-refractivity contribution in [1.82, 2.24) is 15.0 Å². The summed E-state index contributed by atoms with van der Waals surface area (Å²) in [6.45, 7) is 8.49. The molecule has 4 aromatic rings. The van der Waals surface area contributed by atoms with E-state index in [9.17, 15) is 4.79 Å². The minimum atomic E-state index is -0.168. The Morgan fingerprint density at radius 3 is 2.39 bits per heavy atom. The third kappa shape index (κ3) is 5.23. The number of amides is 1. The van der Waals surface area contributed by atoms with E-state index in [2.05, 4.69) is 46.4 Å². The van der Waals surface area contributed by atoms with E-state index in [1.165, 1.54) is 11.9 Å². The van der Waals surface area contributed by atoms with Crippen molar-refractivity contribution in [1.29, 1.82) is 0 Å². The maximum Gasteiger partial charge on any atom is 0.255 e. The molecule has 2 N–H and O–H groups in total. The van der Waals surface area contributed by atoms with Gasteiger partial charge in [0.2, 0.25) is 0 Å². The molecule has 0 aliphatic rings. The molecule has 0 aliphatic carbocycles. The van der Waals surface area contributed by atoms with Crippen LogP contribution in [0.3, 0.4) is 0 Å². The van der Waals surface area contributed by atoms with Gasteiger partial charge < -0.3 is 10.6 Å². The molecule has 0 unspecified atom stereocenters. The quantitative estimate of drug-likeness (QED) is 0.392. The lowest BCUT2D eigenvalue weighted by Crippen LogP contribution is -2.14. The van der Waals surface area contributed by atoms with Gasteiger partial charge in [-0.05, 0) is 65.9 Å². The number of nitrogens with zero attached hydrogens (tertiary/aromatic N) is 3. The van der Waals surface area contributed by atoms with Crippen LogP contribution in [0.25, 0.3) is 11.3 Å². The summed E-state index contributed by atoms with van der Waals surface area (Å²) >= 11 is 0. The van der Waals surface area contributed by atoms with Gasteiger partial charge in [-0.1, -0.05) is 39.0 Å². The zero-order valence-electron chi connectivity index (χ0n) is 19.3. The van der Waals surface area contributed by atoms with Gasteiger partial charge in [0, 0.05) is 34.9 Å². The summed E-state index contributed by atoms with van der Waals surface area (Å²) in [5.41, 5.74) is 6.04. The van der Waals surface area contributed by atoms with E-state index in [-0.39, 0.29) is 11.3 Å². The Morgan fingerprint density at radius 1 is 0.909 bits per heavy atom. The van der Waals surface area contributed by atoms with E-state index in [1.54, 1.807) is 12.4 Å². The number of carbonyl (C=O) groups is 1. The maximum absolute atomic E-state index is 12.9. The number of rotatable bonds is 5. The molecule has 2 heterocycles. The van der Waals surface area contributed by atoms with Gasteiger partial charge >= 0.3 is 0 Å². The summed E-state index contributed by atoms with van der Waals surface area (Å²) < 4.78 is 0. The molecule has 6 heteroatoms. The second-order valence-electron chi connectivity index (χ2n) is 8.93. The fourth-order valence-corrected chi connectivity index (χ4v) is 3.44. The predicted octanol–water partition coefficient (Wildman–Crippen LogP) is 6.14. The average Bonchev–Trinajstić information content (AvgIpc) is 2.81. The van der Waals surface area contributed by atoms with Crippen molar-refractivity contribution in [3.63, 3.8) is 0 Å². The van der Waals surface area contributed by atoms with E-state index in [4.69, 9.17) is 0 Å². The van der Waals surface area contributed by atoms with Crippen LogP contribution in [0.4, 0.5) is 17.2 Å². The molecule has 4 rings (SSSR count). The number of benzene rings is 2. The molecule has 0 aliphatic heterocycles. The van der Waals surface area contributed by atoms with Crippen LogP contribution in [-0.4, -0.2) is 20.9 Å². The molecule has 2 aromatic heterocycles. The average molecular weight is 438 g/mol. The molecular formula is C27H27N5O. The van der Waals surface area contributed by atoms with E-state index < -0.39 is 0 Å². The van der Waals surface area contributed by atoms with Crippen molar-refractivity contribution in [2.45, 2.75) is 33.1 Å². The van der Waals surface area contributed by atoms with Crippen molar-refractivity contribution >= 4 is 23.1 Å². The van der Waals surface area contributed by atoms with Gasteiger partial charge in [-0.15, -0.1) is 0 Å². The summed E-state index contributed by atoms with van der Waals surface area (Å²) in [4.78, 5) is 25.7. The van der Waals surface area contributed by atoms with Crippen molar-refractivity contribution in [3.8, 4) is 11.3 Å². The highest BCUT2D eigenvalue weighted by atomic mass is 16.1. The third-order valence-electron chi connectivity index (χ3n) is 5.43. The van der Waals surface area contributed by atoms with Crippen molar-refractivity contribution in [3.05, 3.63) is 96.1 Å². The standard InChI is InChI=1S/C27H27N5O/c1-18-7-8-19(26(33)31-21-11-9-20(10-12-21)27(2,3)4)16-24(18)32-25-22(6-5-14-29-25)23-13-15-28-17-30-23/h5-17H,1-4H3,(H,29,32)(H,31,33). The first kappa shape index (κ1) is 22.1. The van der Waals surface area contributed by atoms with Crippen LogP contribution < -0.4 is 10.6 Å². The molecule has 1 amide bonds. The molecule has 0 saturated carbocycles. The largest absolute Gasteiger partial charge is 0.339 e. The Morgan fingerprint density at radius 2 is 1.70 bits per heavy atom. The van der Waals surface area contributed by atoms with Gasteiger partial charge in [0.1, 0.15) is 12.1 Å². The number of aryl methyl sites for hydroxylation is 1. The van der Waals surface area contributed by atoms with Crippen LogP contribution in [0.1, 0.15) is 42.3 Å². The van der Waals surface area contributed by atoms with E-state index in [0.29, 0.717) is 11.4 Å². The zero-order valence-corrected chi connectivity index (χ0v) is 19.3. The molecular weight excluding hydrogens is 410 g/mol. The second-order valence-corrected chi connectivity index (χ2v) is 8.93. The lowest BCUT2D eigenvalue weighted by atomic mass is 9.87. The Kier molecular flexibility index (Phi) is 6.18. The predicted molar refractivity (Wildman–Crippen MR) is 133 cm³/mol. The fraction of sp³-hybridized carbons (Fsp3) is 0.185. The van der Waals surface area contributed by atoms with Crippen molar-refractivity contribution in [2.24, 2.45) is 0 Å². The van der Waals surface area contributed by atoms with Gasteiger partial charge in [-0.2, -0.15) is 0 Å². The molecule has 0 radical (unpaired) electrons. The van der Waals surface area contributed by atoms with Crippen LogP contribution in [0.5, 0.6) is 0 Å². The van der Waals surface area contributed by atoms with E-state index >= 15 is 0 Å². The monoisotopic (exact) mass is 437 g/mol. The first-order chi connectivity index (χ1) is 15.8. The minimum Gasteiger partial charge on any atom is -0.339 e. The molecule has 166 valence electrons. The zero-order chi connectivity index (χ0) is 23.4. The molecule has 6 nitrogen and oxygen atoms in total. The number of hydrogen-bond acceptors (Lipinski definition) is 5. The highest BCUT2D eigenvalue weighted by Crippen LogP contribution is 2.29. The topological polar surface area (TPSA) is 79.8 Å². The SMILES string of the molecule is Cc1ccc(C(=O)Nc2ccc(C(C)(C)C)cc2)cc1Nc1ncccc1-c1ccncn1. The molecule has 0 atom stereocenters. The number of hydrogen-bond donors (Lipinski definition) is 2. The number of pyridine rings is 1. The van der Waals surface area contributed by atoms with Crippen molar-refractivity contribution in [2.75, 3.05) is 10.6 Å². The first-order valence-electron chi connectivity index (χ1n) is 10.8. The number of carbonyl (C=O) groups excluding carboxylic acids is 1. The normalized spacial score (nSPS) is 11.2. The Bertz CT molecular complexity index is 1260. The summed E-state index contributed by atoms with van der Waals surface area (Å²) in [5, 5.41) is 6.36. The molecule has 0 saturated heterocycles. The van der Waals surface area contributed by atoms with Gasteiger partial charge in [-0.3, -0.25) is 4.79 Å². The summed E-state index contributed by atoms with van der Waals surface area (Å²) in [6.07, 6.45) is 4.93. The van der Waals surface area contributed by atoms with Gasteiger partial charge in [-0.25, -0.2) is 15.0 Å². The van der Waals surface area contributed by atoms with Crippen LogP contribution >= 0.6 is 0 Å². The minimum absolute atomic E-state index is 0.0657. The van der Waals surface area contributed by atoms with E-state index in [1.807, 2.05) is 67.6 Å². The Labute approximate surface area is 194 Å². The number of nitrogens with one attached hydrogen (secondary N) is 2. The Balaban J connectivity index is 1.56. The third-order valence-corrected chi connectivity index (χ3v) is 5.43. The number of anilines is 3. The molecule has 2 aromatic carbocycles. The van der Waals surface area contributed by atoms with Crippen molar-refractivity contribution < 1.29 is 4.79 Å². The molecule has 33 heavy (non-hydrogen) atoms. The van der Waals surface area contributed by atoms with Crippen LogP contribution in [0, 0.1) is 6.92 Å². The summed E-state index contributed by atoms with van der Waals surface area (Å²) in [6, 6.07) is 19.2. The van der Waals surface area contributed by atoms with Crippen LogP contribution in [-0.2, 0) is 5.41 Å². The second kappa shape index (κ2) is 9.20. The van der Waals surface area contributed by atoms with Gasteiger partial charge in [0.05, 0.1) is 5.69 Å². The van der Waals surface area contributed by atoms with Crippen LogP contribution in [0.15, 0.2) is 79.4 Å². The summed E-state index contributed by atoms with van der Waals surface area (Å²) in [5.74, 6) is 0.494. The lowest BCUT2D eigenvalue weighted by Gasteiger charge is -2.19. The molecule has 0 fully saturated rings. The van der Waals surface area contributed by atoms with E-state index in [0.717, 1.165) is 28.2 Å². The smallest absolute Gasteiger partial charge is 0.255 e. The lowest BCUT2D eigenvalue weighted by molar-refractivity contribution is 0.102.